The van der Waals surface area contributed by atoms with Crippen molar-refractivity contribution >= 4 is 27.2 Å². The van der Waals surface area contributed by atoms with E-state index in [1.807, 2.05) is 12.1 Å². The van der Waals surface area contributed by atoms with Crippen molar-refractivity contribution in [3.05, 3.63) is 29.8 Å². The topological polar surface area (TPSA) is 58.2 Å². The first kappa shape index (κ1) is 17.2. The van der Waals surface area contributed by atoms with Crippen molar-refractivity contribution in [3.63, 3.8) is 0 Å². The molecule has 1 aliphatic rings. The van der Waals surface area contributed by atoms with Crippen molar-refractivity contribution in [2.75, 3.05) is 6.26 Å². The number of nitrogens with one attached hydrogen (secondary N) is 2. The van der Waals surface area contributed by atoms with Crippen molar-refractivity contribution in [3.8, 4) is 0 Å². The molecule has 22 heavy (non-hydrogen) atoms. The highest BCUT2D eigenvalue weighted by molar-refractivity contribution is 7.90. The third-order valence-corrected chi connectivity index (χ3v) is 5.62. The molecule has 1 aromatic carbocycles. The molecular weight excluding hydrogens is 316 g/mol. The van der Waals surface area contributed by atoms with Gasteiger partial charge in [0.25, 0.3) is 0 Å². The van der Waals surface area contributed by atoms with Gasteiger partial charge in [-0.1, -0.05) is 31.9 Å². The molecule has 0 radical (unpaired) electrons. The molecule has 4 nitrogen and oxygen atoms in total. The summed E-state index contributed by atoms with van der Waals surface area (Å²) >= 11 is 5.35. The molecule has 0 spiro atoms. The van der Waals surface area contributed by atoms with Gasteiger partial charge in [-0.15, -0.1) is 0 Å². The van der Waals surface area contributed by atoms with Gasteiger partial charge in [-0.2, -0.15) is 0 Å². The first-order valence-electron chi connectivity index (χ1n) is 7.69. The van der Waals surface area contributed by atoms with Crippen molar-refractivity contribution in [2.45, 2.75) is 50.1 Å². The molecule has 0 unspecified atom stereocenters. The summed E-state index contributed by atoms with van der Waals surface area (Å²) in [4.78, 5) is 0.341. The van der Waals surface area contributed by atoms with E-state index in [2.05, 4.69) is 17.6 Å². The molecule has 0 aliphatic heterocycles. The average Bonchev–Trinajstić information content (AvgIpc) is 2.47. The van der Waals surface area contributed by atoms with E-state index >= 15 is 0 Å². The zero-order chi connectivity index (χ0) is 16.2. The SMILES string of the molecule is C[C@@H]1CCCC[C@@H]1NC(=S)NCc1ccc(S(C)(=O)=O)cc1. The average molecular weight is 341 g/mol. The third kappa shape index (κ3) is 4.95. The van der Waals surface area contributed by atoms with E-state index in [-0.39, 0.29) is 0 Å². The number of thiocarbonyl (C=S) groups is 1. The second-order valence-electron chi connectivity index (χ2n) is 6.11. The van der Waals surface area contributed by atoms with Crippen LogP contribution in [0.15, 0.2) is 29.2 Å². The lowest BCUT2D eigenvalue weighted by Gasteiger charge is -2.30. The molecule has 2 N–H and O–H groups in total. The van der Waals surface area contributed by atoms with Gasteiger partial charge >= 0.3 is 0 Å². The molecular formula is C16H24N2O2S2. The lowest BCUT2D eigenvalue weighted by Crippen LogP contribution is -2.45. The van der Waals surface area contributed by atoms with Gasteiger partial charge < -0.3 is 10.6 Å². The van der Waals surface area contributed by atoms with Gasteiger partial charge in [-0.05, 0) is 48.7 Å². The molecule has 2 atom stereocenters. The Hall–Kier alpha value is -1.14. The fourth-order valence-electron chi connectivity index (χ4n) is 2.79. The van der Waals surface area contributed by atoms with Gasteiger partial charge in [0.05, 0.1) is 4.90 Å². The third-order valence-electron chi connectivity index (χ3n) is 4.23. The Bertz CT molecular complexity index is 612. The van der Waals surface area contributed by atoms with Gasteiger partial charge in [0, 0.05) is 18.8 Å². The largest absolute Gasteiger partial charge is 0.360 e. The van der Waals surface area contributed by atoms with Crippen LogP contribution >= 0.6 is 12.2 Å². The fraction of sp³-hybridized carbons (Fsp3) is 0.562. The Labute approximate surface area is 138 Å². The van der Waals surface area contributed by atoms with Crippen LogP contribution in [-0.4, -0.2) is 25.8 Å². The summed E-state index contributed by atoms with van der Waals surface area (Å²) in [5, 5.41) is 7.27. The second kappa shape index (κ2) is 7.42. The first-order valence-corrected chi connectivity index (χ1v) is 9.99. The quantitative estimate of drug-likeness (QED) is 0.825. The maximum absolute atomic E-state index is 11.4. The van der Waals surface area contributed by atoms with Crippen LogP contribution in [-0.2, 0) is 16.4 Å². The number of sulfone groups is 1. The van der Waals surface area contributed by atoms with Crippen LogP contribution in [0.2, 0.25) is 0 Å². The summed E-state index contributed by atoms with van der Waals surface area (Å²) in [6.45, 7) is 2.86. The van der Waals surface area contributed by atoms with E-state index in [0.717, 1.165) is 5.56 Å². The minimum atomic E-state index is -3.13. The molecule has 0 bridgehead atoms. The molecule has 2 rings (SSSR count). The molecule has 0 amide bonds. The summed E-state index contributed by atoms with van der Waals surface area (Å²) < 4.78 is 22.8. The van der Waals surface area contributed by atoms with Gasteiger partial charge in [-0.3, -0.25) is 0 Å². The van der Waals surface area contributed by atoms with E-state index < -0.39 is 9.84 Å². The minimum Gasteiger partial charge on any atom is -0.360 e. The molecule has 6 heteroatoms. The Kier molecular flexibility index (Phi) is 5.81. The van der Waals surface area contributed by atoms with Crippen LogP contribution in [0, 0.1) is 5.92 Å². The van der Waals surface area contributed by atoms with Crippen LogP contribution in [0.4, 0.5) is 0 Å². The Morgan fingerprint density at radius 2 is 1.86 bits per heavy atom. The van der Waals surface area contributed by atoms with Crippen LogP contribution in [0.3, 0.4) is 0 Å². The number of hydrogen-bond donors (Lipinski definition) is 2. The molecule has 0 saturated heterocycles. The molecule has 0 aromatic heterocycles. The van der Waals surface area contributed by atoms with Crippen molar-refractivity contribution < 1.29 is 8.42 Å². The fourth-order valence-corrected chi connectivity index (χ4v) is 3.64. The summed E-state index contributed by atoms with van der Waals surface area (Å²) in [7, 11) is -3.13. The van der Waals surface area contributed by atoms with Gasteiger partial charge in [-0.25, -0.2) is 8.42 Å². The summed E-state index contributed by atoms with van der Waals surface area (Å²) in [5.41, 5.74) is 1.01. The number of hydrogen-bond acceptors (Lipinski definition) is 3. The van der Waals surface area contributed by atoms with Crippen LogP contribution < -0.4 is 10.6 Å². The van der Waals surface area contributed by atoms with E-state index in [1.54, 1.807) is 12.1 Å². The molecule has 0 heterocycles. The minimum absolute atomic E-state index is 0.341. The Balaban J connectivity index is 1.83. The zero-order valence-electron chi connectivity index (χ0n) is 13.1. The van der Waals surface area contributed by atoms with Gasteiger partial charge in [0.15, 0.2) is 14.9 Å². The summed E-state index contributed by atoms with van der Waals surface area (Å²) in [5.74, 6) is 0.655. The second-order valence-corrected chi connectivity index (χ2v) is 8.54. The predicted molar refractivity (Wildman–Crippen MR) is 93.5 cm³/mol. The normalized spacial score (nSPS) is 22.1. The molecule has 1 aliphatic carbocycles. The lowest BCUT2D eigenvalue weighted by atomic mass is 9.86. The summed E-state index contributed by atoms with van der Waals surface area (Å²) in [6.07, 6.45) is 6.22. The number of benzene rings is 1. The van der Waals surface area contributed by atoms with Gasteiger partial charge in [0.2, 0.25) is 0 Å². The predicted octanol–water partition coefficient (Wildman–Crippen LogP) is 2.63. The maximum Gasteiger partial charge on any atom is 0.175 e. The zero-order valence-corrected chi connectivity index (χ0v) is 14.8. The molecule has 122 valence electrons. The highest BCUT2D eigenvalue weighted by Gasteiger charge is 2.21. The van der Waals surface area contributed by atoms with E-state index in [9.17, 15) is 8.42 Å². The van der Waals surface area contributed by atoms with E-state index in [4.69, 9.17) is 12.2 Å². The first-order chi connectivity index (χ1) is 10.4. The maximum atomic E-state index is 11.4. The van der Waals surface area contributed by atoms with E-state index in [1.165, 1.54) is 31.9 Å². The number of rotatable bonds is 4. The Morgan fingerprint density at radius 1 is 1.23 bits per heavy atom. The molecule has 1 saturated carbocycles. The highest BCUT2D eigenvalue weighted by Crippen LogP contribution is 2.23. The molecule has 1 fully saturated rings. The lowest BCUT2D eigenvalue weighted by molar-refractivity contribution is 0.308. The smallest absolute Gasteiger partial charge is 0.175 e. The van der Waals surface area contributed by atoms with Crippen molar-refractivity contribution in [2.24, 2.45) is 5.92 Å². The Morgan fingerprint density at radius 3 is 2.45 bits per heavy atom. The summed E-state index contributed by atoms with van der Waals surface area (Å²) in [6, 6.07) is 7.35. The molecule has 1 aromatic rings. The standard InChI is InChI=1S/C16H24N2O2S2/c1-12-5-3-4-6-15(12)18-16(21)17-11-13-7-9-14(10-8-13)22(2,19)20/h7-10,12,15H,3-6,11H2,1-2H3,(H2,17,18,21)/t12-,15+/m1/s1. The van der Waals surface area contributed by atoms with Gasteiger partial charge in [0.1, 0.15) is 0 Å². The monoisotopic (exact) mass is 340 g/mol. The van der Waals surface area contributed by atoms with E-state index in [0.29, 0.717) is 28.5 Å². The van der Waals surface area contributed by atoms with Crippen LogP contribution in [0.1, 0.15) is 38.2 Å². The van der Waals surface area contributed by atoms with Crippen LogP contribution in [0.25, 0.3) is 0 Å². The van der Waals surface area contributed by atoms with Crippen LogP contribution in [0.5, 0.6) is 0 Å². The van der Waals surface area contributed by atoms with Crippen molar-refractivity contribution in [1.82, 2.24) is 10.6 Å². The van der Waals surface area contributed by atoms with Crippen molar-refractivity contribution in [1.29, 1.82) is 0 Å². The highest BCUT2D eigenvalue weighted by atomic mass is 32.2.